The Bertz CT molecular complexity index is 2680. The number of esters is 2. The van der Waals surface area contributed by atoms with Crippen LogP contribution in [0.3, 0.4) is 0 Å². The Morgan fingerprint density at radius 3 is 1.77 bits per heavy atom. The minimum Gasteiger partial charge on any atom is -0.474 e. The number of urea groups is 2. The molecule has 0 saturated carbocycles. The SMILES string of the molecule is C.CCC[C@H]1N(C(=O)c2cnccc2C(F)(F)F)CCC[C@@]1(Oc1csc(C(F)(F)F)c1)C(=O)N1CCN(c2ccccc2NC(=O)NCC(=O)OCC)CC1.CCOC(=O)CNC(=O)Nc1ccccc1N1CCNCC1.Cl.Cl. The first-order chi connectivity index (χ1) is 36.8. The van der Waals surface area contributed by atoms with Crippen LogP contribution in [0.15, 0.2) is 78.4 Å². The standard InChI is InChI=1S/C36H40F6N6O6S.C15H22N4O3.CH4.2ClH/c1-3-8-28-34(54-23-19-29(55-22-23)36(40,41)42,12-7-14-48(28)31(50)24-20-43-13-11-25(24)35(37,38)39)32(51)47-17-15-46(16-18-47)27-10-6-5-9-26(27)45-33(52)44-21-30(49)53-4-2;1-2-22-14(20)11-17-15(21)18-12-5-3-4-6-13(12)19-9-7-16-8-10-19;;;/h5-6,9-11,13,19-20,22,28H,3-4,7-8,12,14-18,21H2,1-2H3,(H2,44,45,52);3-6,16H,2,7-11H2,1H3,(H2,17,18,21);1H4;2*1H/t28-,34+;;;;/m1..../s1. The van der Waals surface area contributed by atoms with E-state index in [0.717, 1.165) is 61.4 Å². The van der Waals surface area contributed by atoms with E-state index in [1.807, 2.05) is 29.2 Å². The summed E-state index contributed by atoms with van der Waals surface area (Å²) in [6.45, 7) is 9.36. The number of aromatic nitrogens is 1. The summed E-state index contributed by atoms with van der Waals surface area (Å²) in [5.74, 6) is -2.95. The van der Waals surface area contributed by atoms with E-state index >= 15 is 0 Å². The number of nitrogens with one attached hydrogen (secondary N) is 5. The van der Waals surface area contributed by atoms with E-state index in [-0.39, 0.29) is 110 Å². The van der Waals surface area contributed by atoms with Gasteiger partial charge in [-0.15, -0.1) is 36.2 Å². The Morgan fingerprint density at radius 1 is 0.738 bits per heavy atom. The van der Waals surface area contributed by atoms with Gasteiger partial charge in [-0.1, -0.05) is 45.0 Å². The van der Waals surface area contributed by atoms with Crippen LogP contribution in [-0.2, 0) is 36.2 Å². The lowest BCUT2D eigenvalue weighted by molar-refractivity contribution is -0.159. The number of hydrogen-bond acceptors (Lipinski definition) is 14. The van der Waals surface area contributed by atoms with E-state index in [1.165, 1.54) is 9.80 Å². The second-order valence-corrected chi connectivity index (χ2v) is 18.6. The predicted molar refractivity (Wildman–Crippen MR) is 296 cm³/mol. The van der Waals surface area contributed by atoms with Crippen molar-refractivity contribution < 1.29 is 69.3 Å². The molecule has 7 rings (SSSR count). The summed E-state index contributed by atoms with van der Waals surface area (Å²) in [6.07, 6.45) is -7.33. The summed E-state index contributed by atoms with van der Waals surface area (Å²) < 4.78 is 99.0. The molecule has 4 aromatic rings. The number of rotatable bonds is 16. The Hall–Kier alpha value is -6.77. The van der Waals surface area contributed by atoms with Crippen molar-refractivity contribution in [2.24, 2.45) is 0 Å². The van der Waals surface area contributed by atoms with Gasteiger partial charge in [-0.25, -0.2) is 9.59 Å². The van der Waals surface area contributed by atoms with Crippen molar-refractivity contribution in [3.05, 3.63) is 94.4 Å². The number of carbonyl (C=O) groups excluding carboxylic acids is 6. The molecule has 5 heterocycles. The Morgan fingerprint density at radius 2 is 1.27 bits per heavy atom. The van der Waals surface area contributed by atoms with Crippen LogP contribution >= 0.6 is 36.2 Å². The molecule has 5 N–H and O–H groups in total. The van der Waals surface area contributed by atoms with Crippen LogP contribution in [0.25, 0.3) is 0 Å². The van der Waals surface area contributed by atoms with Gasteiger partial charge in [0.1, 0.15) is 23.7 Å². The number of benzene rings is 2. The fraction of sp³-hybridized carbons (Fsp3) is 0.481. The topological polar surface area (TPSA) is 216 Å². The highest BCUT2D eigenvalue weighted by atomic mass is 35.5. The number of hydrogen-bond donors (Lipinski definition) is 5. The van der Waals surface area contributed by atoms with Gasteiger partial charge in [-0.3, -0.25) is 24.2 Å². The summed E-state index contributed by atoms with van der Waals surface area (Å²) in [7, 11) is 0. The van der Waals surface area contributed by atoms with Crippen molar-refractivity contribution in [3.63, 3.8) is 0 Å². The van der Waals surface area contributed by atoms with Crippen LogP contribution in [0.4, 0.5) is 58.7 Å². The third kappa shape index (κ3) is 17.9. The van der Waals surface area contributed by atoms with E-state index in [4.69, 9.17) is 14.2 Å². The zero-order chi connectivity index (χ0) is 55.8. The van der Waals surface area contributed by atoms with Gasteiger partial charge >= 0.3 is 36.4 Å². The Balaban J connectivity index is 0.000000565. The molecule has 442 valence electrons. The molecule has 3 aliphatic heterocycles. The molecule has 3 aliphatic rings. The zero-order valence-electron chi connectivity index (χ0n) is 43.5. The minimum absolute atomic E-state index is 0. The second kappa shape index (κ2) is 31.3. The maximum Gasteiger partial charge on any atom is 0.425 e. The quantitative estimate of drug-likeness (QED) is 0.0525. The molecule has 80 heavy (non-hydrogen) atoms. The number of ether oxygens (including phenoxy) is 3. The van der Waals surface area contributed by atoms with Gasteiger partial charge in [0.15, 0.2) is 0 Å². The fourth-order valence-corrected chi connectivity index (χ4v) is 9.88. The van der Waals surface area contributed by atoms with Gasteiger partial charge in [0.2, 0.25) is 5.60 Å². The van der Waals surface area contributed by atoms with Crippen LogP contribution in [0.2, 0.25) is 0 Å². The summed E-state index contributed by atoms with van der Waals surface area (Å²) in [4.78, 5) is 85.8. The summed E-state index contributed by atoms with van der Waals surface area (Å²) >= 11 is 0.371. The van der Waals surface area contributed by atoms with Crippen molar-refractivity contribution in [3.8, 4) is 5.75 Å². The average Bonchev–Trinajstić information content (AvgIpc) is 3.96. The fourth-order valence-electron chi connectivity index (χ4n) is 9.20. The third-order valence-corrected chi connectivity index (χ3v) is 13.6. The lowest BCUT2D eigenvalue weighted by Gasteiger charge is -2.51. The lowest BCUT2D eigenvalue weighted by atomic mass is 9.79. The van der Waals surface area contributed by atoms with Crippen LogP contribution in [0, 0.1) is 0 Å². The molecular weight excluding hydrogens is 1130 g/mol. The highest BCUT2D eigenvalue weighted by molar-refractivity contribution is 7.10. The maximum absolute atomic E-state index is 14.9. The third-order valence-electron chi connectivity index (χ3n) is 12.6. The summed E-state index contributed by atoms with van der Waals surface area (Å²) in [5, 5.41) is 14.8. The number of alkyl halides is 6. The minimum atomic E-state index is -4.89. The molecule has 0 unspecified atom stereocenters. The monoisotopic (exact) mass is 1190 g/mol. The van der Waals surface area contributed by atoms with E-state index in [0.29, 0.717) is 41.8 Å². The first kappa shape index (κ1) is 67.5. The van der Waals surface area contributed by atoms with Gasteiger partial charge in [0.05, 0.1) is 53.1 Å². The molecule has 0 radical (unpaired) electrons. The number of para-hydroxylation sites is 4. The summed E-state index contributed by atoms with van der Waals surface area (Å²) in [6, 6.07) is 13.7. The molecule has 28 heteroatoms. The molecular formula is C52H68Cl2F6N10O9S. The van der Waals surface area contributed by atoms with Crippen molar-refractivity contribution in [2.75, 3.05) is 106 Å². The number of amides is 6. The first-order valence-corrected chi connectivity index (χ1v) is 25.9. The molecule has 6 amide bonds. The van der Waals surface area contributed by atoms with Crippen LogP contribution in [0.1, 0.15) is 74.7 Å². The molecule has 3 saturated heterocycles. The van der Waals surface area contributed by atoms with Crippen molar-refractivity contribution in [2.45, 2.75) is 77.9 Å². The normalized spacial score (nSPS) is 17.1. The van der Waals surface area contributed by atoms with Crippen LogP contribution in [0.5, 0.6) is 5.75 Å². The van der Waals surface area contributed by atoms with Crippen molar-refractivity contribution in [1.29, 1.82) is 0 Å². The number of piperidine rings is 1. The Kier molecular flexibility index (Phi) is 26.4. The smallest absolute Gasteiger partial charge is 0.425 e. The van der Waals surface area contributed by atoms with Gasteiger partial charge < -0.3 is 60.4 Å². The van der Waals surface area contributed by atoms with Gasteiger partial charge in [0.25, 0.3) is 11.8 Å². The molecule has 3 fully saturated rings. The number of piperazine rings is 2. The second-order valence-electron chi connectivity index (χ2n) is 17.7. The number of carbonyl (C=O) groups is 6. The number of likely N-dealkylation sites (tertiary alicyclic amines) is 1. The molecule has 2 aromatic heterocycles. The maximum atomic E-state index is 14.9. The molecule has 0 spiro atoms. The molecule has 2 atom stereocenters. The number of anilines is 4. The van der Waals surface area contributed by atoms with Crippen LogP contribution in [-0.4, -0.2) is 147 Å². The molecule has 19 nitrogen and oxygen atoms in total. The number of halogens is 8. The highest BCUT2D eigenvalue weighted by Gasteiger charge is 2.56. The highest BCUT2D eigenvalue weighted by Crippen LogP contribution is 2.43. The van der Waals surface area contributed by atoms with Crippen LogP contribution < -0.4 is 41.1 Å². The van der Waals surface area contributed by atoms with E-state index in [1.54, 1.807) is 45.0 Å². The molecule has 0 aliphatic carbocycles. The van der Waals surface area contributed by atoms with E-state index < -0.39 is 75.8 Å². The van der Waals surface area contributed by atoms with Crippen molar-refractivity contribution >= 4 is 94.7 Å². The number of thiophene rings is 1. The number of pyridine rings is 1. The lowest BCUT2D eigenvalue weighted by Crippen LogP contribution is -2.69. The largest absolute Gasteiger partial charge is 0.474 e. The Labute approximate surface area is 476 Å². The molecule has 0 bridgehead atoms. The predicted octanol–water partition coefficient (Wildman–Crippen LogP) is 8.70. The zero-order valence-corrected chi connectivity index (χ0v) is 46.0. The average molecular weight is 1190 g/mol. The van der Waals surface area contributed by atoms with Gasteiger partial charge in [0, 0.05) is 89.2 Å². The van der Waals surface area contributed by atoms with Gasteiger partial charge in [-0.2, -0.15) is 26.3 Å². The van der Waals surface area contributed by atoms with Crippen molar-refractivity contribution in [1.82, 2.24) is 30.7 Å². The first-order valence-electron chi connectivity index (χ1n) is 25.0. The summed E-state index contributed by atoms with van der Waals surface area (Å²) in [5.41, 5.74) is -1.14. The molecule has 2 aromatic carbocycles. The number of nitrogens with zero attached hydrogens (tertiary/aromatic N) is 5. The van der Waals surface area contributed by atoms with E-state index in [9.17, 15) is 55.1 Å². The van der Waals surface area contributed by atoms with Gasteiger partial charge in [-0.05, 0) is 57.0 Å². The van der Waals surface area contributed by atoms with E-state index in [2.05, 4.69) is 36.5 Å².